The molecule has 0 amide bonds. The normalized spacial score (nSPS) is 13.4. The number of nitrogens with zero attached hydrogens (tertiary/aromatic N) is 4. The van der Waals surface area contributed by atoms with Gasteiger partial charge in [-0.05, 0) is 13.8 Å². The first kappa shape index (κ1) is 10.8. The Bertz CT molecular complexity index is 663. The second-order valence-corrected chi connectivity index (χ2v) is 5.54. The van der Waals surface area contributed by atoms with Gasteiger partial charge in [0.25, 0.3) is 0 Å². The van der Waals surface area contributed by atoms with Crippen LogP contribution in [0.2, 0.25) is 0 Å². The summed E-state index contributed by atoms with van der Waals surface area (Å²) in [5.74, 6) is 0.795. The summed E-state index contributed by atoms with van der Waals surface area (Å²) >= 11 is 3.20. The minimum absolute atomic E-state index is 0.133. The van der Waals surface area contributed by atoms with Gasteiger partial charge in [0.2, 0.25) is 4.96 Å². The lowest BCUT2D eigenvalue weighted by molar-refractivity contribution is 0.729. The van der Waals surface area contributed by atoms with Crippen molar-refractivity contribution in [3.8, 4) is 10.6 Å². The van der Waals surface area contributed by atoms with Crippen molar-refractivity contribution in [2.24, 2.45) is 5.73 Å². The molecular formula is C10H11N5S2. The molecule has 3 aromatic heterocycles. The topological polar surface area (TPSA) is 69.1 Å². The van der Waals surface area contributed by atoms with Gasteiger partial charge in [-0.1, -0.05) is 0 Å². The molecule has 0 spiro atoms. The standard InChI is InChI=1S/C10H11N5S2/c1-5(11)9-13-14-10-15(9)7(3-16-10)8-6(2)12-4-17-8/h3-5H,11H2,1-2H3. The quantitative estimate of drug-likeness (QED) is 0.771. The second kappa shape index (κ2) is 3.86. The zero-order chi connectivity index (χ0) is 12.0. The van der Waals surface area contributed by atoms with Crippen molar-refractivity contribution >= 4 is 27.6 Å². The van der Waals surface area contributed by atoms with Crippen LogP contribution in [0.15, 0.2) is 10.9 Å². The molecule has 3 rings (SSSR count). The van der Waals surface area contributed by atoms with E-state index in [4.69, 9.17) is 5.73 Å². The third kappa shape index (κ3) is 1.58. The van der Waals surface area contributed by atoms with Crippen LogP contribution in [0.5, 0.6) is 0 Å². The average molecular weight is 265 g/mol. The fraction of sp³-hybridized carbons (Fsp3) is 0.300. The van der Waals surface area contributed by atoms with Gasteiger partial charge in [0, 0.05) is 5.38 Å². The molecule has 5 nitrogen and oxygen atoms in total. The van der Waals surface area contributed by atoms with Crippen LogP contribution < -0.4 is 5.73 Å². The third-order valence-corrected chi connectivity index (χ3v) is 4.33. The van der Waals surface area contributed by atoms with Crippen LogP contribution in [-0.2, 0) is 0 Å². The van der Waals surface area contributed by atoms with Gasteiger partial charge in [-0.3, -0.25) is 4.40 Å². The molecular weight excluding hydrogens is 254 g/mol. The maximum atomic E-state index is 5.91. The van der Waals surface area contributed by atoms with Crippen LogP contribution in [0.4, 0.5) is 0 Å². The van der Waals surface area contributed by atoms with E-state index in [0.29, 0.717) is 0 Å². The van der Waals surface area contributed by atoms with Crippen LogP contribution in [0, 0.1) is 6.92 Å². The highest BCUT2D eigenvalue weighted by Crippen LogP contribution is 2.32. The van der Waals surface area contributed by atoms with Crippen molar-refractivity contribution in [3.63, 3.8) is 0 Å². The van der Waals surface area contributed by atoms with Crippen molar-refractivity contribution in [1.29, 1.82) is 0 Å². The van der Waals surface area contributed by atoms with Crippen LogP contribution in [0.25, 0.3) is 15.5 Å². The van der Waals surface area contributed by atoms with Crippen molar-refractivity contribution in [2.45, 2.75) is 19.9 Å². The predicted molar refractivity (Wildman–Crippen MR) is 69.3 cm³/mol. The molecule has 0 bridgehead atoms. The van der Waals surface area contributed by atoms with Gasteiger partial charge in [0.05, 0.1) is 27.8 Å². The van der Waals surface area contributed by atoms with Crippen LogP contribution in [0.1, 0.15) is 24.5 Å². The molecule has 88 valence electrons. The Hall–Kier alpha value is -1.31. The highest BCUT2D eigenvalue weighted by atomic mass is 32.1. The number of hydrogen-bond acceptors (Lipinski definition) is 6. The number of aromatic nitrogens is 4. The molecule has 0 fully saturated rings. The summed E-state index contributed by atoms with van der Waals surface area (Å²) in [6, 6.07) is -0.133. The summed E-state index contributed by atoms with van der Waals surface area (Å²) in [5.41, 5.74) is 9.88. The molecule has 0 aromatic carbocycles. The highest BCUT2D eigenvalue weighted by Gasteiger charge is 2.17. The minimum Gasteiger partial charge on any atom is -0.322 e. The lowest BCUT2D eigenvalue weighted by Gasteiger charge is -2.03. The third-order valence-electron chi connectivity index (χ3n) is 2.56. The Kier molecular flexibility index (Phi) is 2.46. The molecule has 3 aromatic rings. The highest BCUT2D eigenvalue weighted by molar-refractivity contribution is 7.16. The summed E-state index contributed by atoms with van der Waals surface area (Å²) < 4.78 is 2.02. The second-order valence-electron chi connectivity index (χ2n) is 3.85. The fourth-order valence-corrected chi connectivity index (χ4v) is 3.45. The van der Waals surface area contributed by atoms with Crippen LogP contribution in [0.3, 0.4) is 0 Å². The van der Waals surface area contributed by atoms with Crippen LogP contribution in [-0.4, -0.2) is 19.6 Å². The largest absolute Gasteiger partial charge is 0.322 e. The maximum absolute atomic E-state index is 5.91. The molecule has 1 atom stereocenters. The molecule has 0 radical (unpaired) electrons. The van der Waals surface area contributed by atoms with Crippen molar-refractivity contribution < 1.29 is 0 Å². The predicted octanol–water partition coefficient (Wildman–Crippen LogP) is 2.24. The first-order chi connectivity index (χ1) is 8.18. The zero-order valence-electron chi connectivity index (χ0n) is 9.41. The van der Waals surface area contributed by atoms with E-state index in [-0.39, 0.29) is 6.04 Å². The Labute approximate surface area is 106 Å². The minimum atomic E-state index is -0.133. The lowest BCUT2D eigenvalue weighted by Crippen LogP contribution is -2.10. The Morgan fingerprint density at radius 1 is 1.35 bits per heavy atom. The first-order valence-corrected chi connectivity index (χ1v) is 6.93. The van der Waals surface area contributed by atoms with E-state index < -0.39 is 0 Å². The van der Waals surface area contributed by atoms with Gasteiger partial charge in [0.1, 0.15) is 0 Å². The molecule has 0 saturated carbocycles. The Morgan fingerprint density at radius 2 is 2.18 bits per heavy atom. The van der Waals surface area contributed by atoms with E-state index in [9.17, 15) is 0 Å². The van der Waals surface area contributed by atoms with Gasteiger partial charge in [0.15, 0.2) is 5.82 Å². The average Bonchev–Trinajstić information content (AvgIpc) is 2.91. The molecule has 2 N–H and O–H groups in total. The first-order valence-electron chi connectivity index (χ1n) is 5.17. The molecule has 0 saturated heterocycles. The summed E-state index contributed by atoms with van der Waals surface area (Å²) in [6.45, 7) is 3.92. The number of thiazole rings is 2. The number of rotatable bonds is 2. The van der Waals surface area contributed by atoms with Crippen molar-refractivity contribution in [1.82, 2.24) is 19.6 Å². The van der Waals surface area contributed by atoms with Gasteiger partial charge in [-0.15, -0.1) is 32.9 Å². The van der Waals surface area contributed by atoms with E-state index >= 15 is 0 Å². The summed E-state index contributed by atoms with van der Waals surface area (Å²) in [7, 11) is 0. The molecule has 7 heteroatoms. The number of hydrogen-bond donors (Lipinski definition) is 1. The molecule has 0 aliphatic carbocycles. The molecule has 17 heavy (non-hydrogen) atoms. The summed E-state index contributed by atoms with van der Waals surface area (Å²) in [6.07, 6.45) is 0. The van der Waals surface area contributed by atoms with Crippen molar-refractivity contribution in [3.05, 3.63) is 22.4 Å². The Balaban J connectivity index is 2.30. The van der Waals surface area contributed by atoms with Crippen molar-refractivity contribution in [2.75, 3.05) is 0 Å². The zero-order valence-corrected chi connectivity index (χ0v) is 11.0. The van der Waals surface area contributed by atoms with E-state index in [1.54, 1.807) is 22.7 Å². The van der Waals surface area contributed by atoms with Gasteiger partial charge in [-0.2, -0.15) is 0 Å². The summed E-state index contributed by atoms with van der Waals surface area (Å²) in [5, 5.41) is 10.4. The van der Waals surface area contributed by atoms with Gasteiger partial charge >= 0.3 is 0 Å². The van der Waals surface area contributed by atoms with E-state index in [1.807, 2.05) is 23.8 Å². The number of nitrogens with two attached hydrogens (primary N) is 1. The SMILES string of the molecule is Cc1ncsc1-c1csc2nnc(C(C)N)n12. The molecule has 1 unspecified atom stereocenters. The number of fused-ring (bicyclic) bond motifs is 1. The van der Waals surface area contributed by atoms with E-state index in [0.717, 1.165) is 27.1 Å². The smallest absolute Gasteiger partial charge is 0.216 e. The van der Waals surface area contributed by atoms with E-state index in [1.165, 1.54) is 0 Å². The lowest BCUT2D eigenvalue weighted by atomic mass is 10.3. The summed E-state index contributed by atoms with van der Waals surface area (Å²) in [4.78, 5) is 6.30. The molecule has 0 aliphatic heterocycles. The molecule has 3 heterocycles. The fourth-order valence-electron chi connectivity index (χ4n) is 1.74. The molecule has 0 aliphatic rings. The van der Waals surface area contributed by atoms with Gasteiger partial charge < -0.3 is 5.73 Å². The van der Waals surface area contributed by atoms with E-state index in [2.05, 4.69) is 20.6 Å². The number of aryl methyl sites for hydroxylation is 1. The van der Waals surface area contributed by atoms with Crippen LogP contribution >= 0.6 is 22.7 Å². The Morgan fingerprint density at radius 3 is 2.82 bits per heavy atom. The monoisotopic (exact) mass is 265 g/mol. The van der Waals surface area contributed by atoms with Gasteiger partial charge in [-0.25, -0.2) is 4.98 Å². The maximum Gasteiger partial charge on any atom is 0.216 e.